The minimum atomic E-state index is -3.81. The fourth-order valence-corrected chi connectivity index (χ4v) is 6.09. The molecule has 0 bridgehead atoms. The maximum Gasteiger partial charge on any atom is 0.272 e. The van der Waals surface area contributed by atoms with E-state index in [9.17, 15) is 13.2 Å². The van der Waals surface area contributed by atoms with Crippen LogP contribution in [0.2, 0.25) is 10.0 Å². The van der Waals surface area contributed by atoms with E-state index in [1.54, 1.807) is 24.3 Å². The van der Waals surface area contributed by atoms with Crippen LogP contribution in [-0.4, -0.2) is 55.0 Å². The lowest BCUT2D eigenvalue weighted by atomic mass is 10.1. The van der Waals surface area contributed by atoms with Gasteiger partial charge in [0.25, 0.3) is 15.9 Å². The van der Waals surface area contributed by atoms with Crippen molar-refractivity contribution < 1.29 is 13.2 Å². The lowest BCUT2D eigenvalue weighted by Crippen LogP contribution is -2.48. The molecule has 1 amide bonds. The van der Waals surface area contributed by atoms with Gasteiger partial charge in [-0.3, -0.25) is 10.1 Å². The van der Waals surface area contributed by atoms with Crippen molar-refractivity contribution >= 4 is 61.3 Å². The summed E-state index contributed by atoms with van der Waals surface area (Å²) in [6.07, 6.45) is 0. The molecule has 1 aromatic heterocycles. The summed E-state index contributed by atoms with van der Waals surface area (Å²) in [6.45, 7) is 3.66. The van der Waals surface area contributed by atoms with Crippen LogP contribution >= 0.6 is 34.5 Å². The van der Waals surface area contributed by atoms with E-state index in [2.05, 4.69) is 20.4 Å². The molecule has 12 heteroatoms. The van der Waals surface area contributed by atoms with Gasteiger partial charge in [-0.05, 0) is 48.9 Å². The Kier molecular flexibility index (Phi) is 6.68. The summed E-state index contributed by atoms with van der Waals surface area (Å²) < 4.78 is 27.3. The summed E-state index contributed by atoms with van der Waals surface area (Å²) in [7, 11) is -3.81. The standard InChI is InChI=1S/C20H19Cl2N5O3S2/c1-13-2-5-16(22)12-17(13)26-8-10-27(11-9-26)32(29,30)20-25-24-19(31-20)23-18(28)14-3-6-15(21)7-4-14/h2-7,12H,8-11H2,1H3,(H,23,24,28). The van der Waals surface area contributed by atoms with Crippen molar-refractivity contribution in [1.82, 2.24) is 14.5 Å². The summed E-state index contributed by atoms with van der Waals surface area (Å²) in [4.78, 5) is 14.4. The zero-order valence-corrected chi connectivity index (χ0v) is 20.1. The molecule has 1 fully saturated rings. The number of piperazine rings is 1. The number of rotatable bonds is 5. The number of nitrogens with one attached hydrogen (secondary N) is 1. The SMILES string of the molecule is Cc1ccc(Cl)cc1N1CCN(S(=O)(=O)c2nnc(NC(=O)c3ccc(Cl)cc3)s2)CC1. The van der Waals surface area contributed by atoms with E-state index in [-0.39, 0.29) is 9.47 Å². The second-order valence-electron chi connectivity index (χ2n) is 7.16. The average molecular weight is 512 g/mol. The maximum atomic E-state index is 13.0. The molecule has 0 atom stereocenters. The third kappa shape index (κ3) is 4.89. The number of aryl methyl sites for hydroxylation is 1. The Morgan fingerprint density at radius 1 is 1.00 bits per heavy atom. The van der Waals surface area contributed by atoms with Crippen molar-refractivity contribution in [3.05, 3.63) is 63.6 Å². The van der Waals surface area contributed by atoms with E-state index in [4.69, 9.17) is 23.2 Å². The van der Waals surface area contributed by atoms with Crippen LogP contribution in [0.5, 0.6) is 0 Å². The molecule has 4 rings (SSSR count). The molecule has 0 aliphatic carbocycles. The monoisotopic (exact) mass is 511 g/mol. The van der Waals surface area contributed by atoms with E-state index >= 15 is 0 Å². The second kappa shape index (κ2) is 9.32. The highest BCUT2D eigenvalue weighted by Crippen LogP contribution is 2.28. The van der Waals surface area contributed by atoms with Gasteiger partial charge in [-0.2, -0.15) is 4.31 Å². The van der Waals surface area contributed by atoms with E-state index < -0.39 is 15.9 Å². The lowest BCUT2D eigenvalue weighted by molar-refractivity contribution is 0.102. The van der Waals surface area contributed by atoms with Crippen LogP contribution in [0, 0.1) is 6.92 Å². The summed E-state index contributed by atoms with van der Waals surface area (Å²) >= 11 is 12.8. The smallest absolute Gasteiger partial charge is 0.272 e. The molecule has 0 radical (unpaired) electrons. The molecule has 1 N–H and O–H groups in total. The van der Waals surface area contributed by atoms with Crippen LogP contribution in [0.3, 0.4) is 0 Å². The zero-order chi connectivity index (χ0) is 22.9. The third-order valence-electron chi connectivity index (χ3n) is 5.04. The predicted octanol–water partition coefficient (Wildman–Crippen LogP) is 3.92. The fourth-order valence-electron chi connectivity index (χ4n) is 3.34. The number of anilines is 2. The second-order valence-corrected chi connectivity index (χ2v) is 11.1. The normalized spacial score (nSPS) is 15.0. The maximum absolute atomic E-state index is 13.0. The highest BCUT2D eigenvalue weighted by Gasteiger charge is 2.32. The van der Waals surface area contributed by atoms with E-state index in [1.807, 2.05) is 25.1 Å². The highest BCUT2D eigenvalue weighted by atomic mass is 35.5. The molecule has 1 saturated heterocycles. The number of nitrogens with zero attached hydrogens (tertiary/aromatic N) is 4. The Hall–Kier alpha value is -2.24. The lowest BCUT2D eigenvalue weighted by Gasteiger charge is -2.35. The van der Waals surface area contributed by atoms with Crippen LogP contribution in [0.1, 0.15) is 15.9 Å². The van der Waals surface area contributed by atoms with Gasteiger partial charge in [0.15, 0.2) is 0 Å². The van der Waals surface area contributed by atoms with E-state index in [0.29, 0.717) is 41.8 Å². The van der Waals surface area contributed by atoms with Crippen LogP contribution in [-0.2, 0) is 10.0 Å². The molecule has 1 aliphatic rings. The largest absolute Gasteiger partial charge is 0.369 e. The number of carbonyl (C=O) groups excluding carboxylic acids is 1. The number of carbonyl (C=O) groups is 1. The van der Waals surface area contributed by atoms with Gasteiger partial charge in [0.2, 0.25) is 9.47 Å². The molecule has 168 valence electrons. The molecule has 0 spiro atoms. The van der Waals surface area contributed by atoms with Crippen LogP contribution < -0.4 is 10.2 Å². The summed E-state index contributed by atoms with van der Waals surface area (Å²) in [5, 5.41) is 11.5. The predicted molar refractivity (Wildman–Crippen MR) is 126 cm³/mol. The molecule has 32 heavy (non-hydrogen) atoms. The quantitative estimate of drug-likeness (QED) is 0.521. The molecule has 3 aromatic rings. The zero-order valence-electron chi connectivity index (χ0n) is 17.0. The van der Waals surface area contributed by atoms with Gasteiger partial charge in [0.1, 0.15) is 0 Å². The van der Waals surface area contributed by atoms with Gasteiger partial charge in [0.05, 0.1) is 0 Å². The van der Waals surface area contributed by atoms with E-state index in [0.717, 1.165) is 22.6 Å². The number of hydrogen-bond acceptors (Lipinski definition) is 7. The number of halogens is 2. The molecule has 0 unspecified atom stereocenters. The molecule has 2 aromatic carbocycles. The Balaban J connectivity index is 1.42. The number of aromatic nitrogens is 2. The Morgan fingerprint density at radius 2 is 1.66 bits per heavy atom. The van der Waals surface area contributed by atoms with E-state index in [1.165, 1.54) is 4.31 Å². The minimum Gasteiger partial charge on any atom is -0.369 e. The third-order valence-corrected chi connectivity index (χ3v) is 8.61. The van der Waals surface area contributed by atoms with Gasteiger partial charge in [0, 0.05) is 47.5 Å². The topological polar surface area (TPSA) is 95.5 Å². The van der Waals surface area contributed by atoms with Gasteiger partial charge in [-0.15, -0.1) is 10.2 Å². The van der Waals surface area contributed by atoms with Gasteiger partial charge in [-0.25, -0.2) is 8.42 Å². The van der Waals surface area contributed by atoms with Crippen molar-refractivity contribution in [3.63, 3.8) is 0 Å². The fraction of sp³-hybridized carbons (Fsp3) is 0.250. The Bertz CT molecular complexity index is 1240. The number of hydrogen-bond donors (Lipinski definition) is 1. The van der Waals surface area contributed by atoms with Crippen molar-refractivity contribution in [3.8, 4) is 0 Å². The molecular weight excluding hydrogens is 493 g/mol. The van der Waals surface area contributed by atoms with Crippen molar-refractivity contribution in [2.75, 3.05) is 36.4 Å². The van der Waals surface area contributed by atoms with Crippen LogP contribution in [0.25, 0.3) is 0 Å². The first-order chi connectivity index (χ1) is 15.2. The van der Waals surface area contributed by atoms with Crippen LogP contribution in [0.4, 0.5) is 10.8 Å². The Labute approximate surface area is 199 Å². The minimum absolute atomic E-state index is 0.108. The molecular formula is C20H19Cl2N5O3S2. The Morgan fingerprint density at radius 3 is 2.34 bits per heavy atom. The van der Waals surface area contributed by atoms with Gasteiger partial charge in [-0.1, -0.05) is 40.6 Å². The average Bonchev–Trinajstić information content (AvgIpc) is 3.25. The molecule has 0 saturated carbocycles. The first-order valence-corrected chi connectivity index (χ1v) is 12.7. The highest BCUT2D eigenvalue weighted by molar-refractivity contribution is 7.91. The number of amides is 1. The van der Waals surface area contributed by atoms with Crippen molar-refractivity contribution in [2.45, 2.75) is 11.3 Å². The molecule has 8 nitrogen and oxygen atoms in total. The van der Waals surface area contributed by atoms with Crippen molar-refractivity contribution in [1.29, 1.82) is 0 Å². The van der Waals surface area contributed by atoms with Gasteiger partial charge >= 0.3 is 0 Å². The molecule has 2 heterocycles. The molecule has 1 aliphatic heterocycles. The summed E-state index contributed by atoms with van der Waals surface area (Å²) in [6, 6.07) is 12.0. The van der Waals surface area contributed by atoms with Gasteiger partial charge < -0.3 is 4.90 Å². The van der Waals surface area contributed by atoms with Crippen molar-refractivity contribution in [2.24, 2.45) is 0 Å². The summed E-state index contributed by atoms with van der Waals surface area (Å²) in [5.41, 5.74) is 2.45. The number of sulfonamides is 1. The summed E-state index contributed by atoms with van der Waals surface area (Å²) in [5.74, 6) is -0.424. The van der Waals surface area contributed by atoms with Crippen LogP contribution in [0.15, 0.2) is 46.8 Å². The number of benzene rings is 2. The first kappa shape index (κ1) is 22.9. The first-order valence-electron chi connectivity index (χ1n) is 9.66.